The lowest BCUT2D eigenvalue weighted by atomic mass is 10.3. The summed E-state index contributed by atoms with van der Waals surface area (Å²) in [6, 6.07) is 5.57. The van der Waals surface area contributed by atoms with Crippen molar-refractivity contribution in [3.63, 3.8) is 0 Å². The zero-order valence-corrected chi connectivity index (χ0v) is 14.0. The van der Waals surface area contributed by atoms with Crippen molar-refractivity contribution in [2.75, 3.05) is 11.5 Å². The van der Waals surface area contributed by atoms with Crippen molar-refractivity contribution in [1.29, 1.82) is 0 Å². The Kier molecular flexibility index (Phi) is 4.00. The number of hydrogen-bond donors (Lipinski definition) is 0. The molecule has 0 saturated carbocycles. The van der Waals surface area contributed by atoms with E-state index in [4.69, 9.17) is 11.6 Å². The highest BCUT2D eigenvalue weighted by molar-refractivity contribution is 7.99. The van der Waals surface area contributed by atoms with Crippen molar-refractivity contribution in [2.45, 2.75) is 23.0 Å². The average molecular weight is 358 g/mol. The lowest BCUT2D eigenvalue weighted by Crippen LogP contribution is -2.31. The van der Waals surface area contributed by atoms with Crippen LogP contribution in [0.1, 0.15) is 11.7 Å². The molecule has 116 valence electrons. The highest BCUT2D eigenvalue weighted by Gasteiger charge is 2.31. The van der Waals surface area contributed by atoms with E-state index in [1.54, 1.807) is 6.92 Å². The highest BCUT2D eigenvalue weighted by Crippen LogP contribution is 2.31. The lowest BCUT2D eigenvalue weighted by molar-refractivity contribution is 0.510. The Hall–Kier alpha value is -1.38. The molecule has 1 atom stereocenters. The summed E-state index contributed by atoms with van der Waals surface area (Å²) in [7, 11) is -3.51. The average Bonchev–Trinajstić information content (AvgIpc) is 2.86. The maximum Gasteiger partial charge on any atom is 0.276 e. The van der Waals surface area contributed by atoms with Crippen molar-refractivity contribution in [3.05, 3.63) is 45.3 Å². The molecule has 0 radical (unpaired) electrons. The predicted molar refractivity (Wildman–Crippen MR) is 84.3 cm³/mol. The number of sulfone groups is 1. The Morgan fingerprint density at radius 3 is 2.68 bits per heavy atom. The van der Waals surface area contributed by atoms with Crippen LogP contribution >= 0.6 is 23.4 Å². The van der Waals surface area contributed by atoms with Gasteiger partial charge in [-0.25, -0.2) is 8.42 Å². The summed E-state index contributed by atoms with van der Waals surface area (Å²) < 4.78 is 26.4. The molecule has 3 rings (SSSR count). The summed E-state index contributed by atoms with van der Waals surface area (Å²) in [6.07, 6.45) is 0. The summed E-state index contributed by atoms with van der Waals surface area (Å²) in [5.41, 5.74) is -0.0218. The minimum absolute atomic E-state index is 0.153. The van der Waals surface area contributed by atoms with Crippen molar-refractivity contribution in [1.82, 2.24) is 14.8 Å². The third-order valence-electron chi connectivity index (χ3n) is 3.37. The van der Waals surface area contributed by atoms with Gasteiger partial charge in [-0.2, -0.15) is 0 Å². The topological polar surface area (TPSA) is 81.9 Å². The first-order chi connectivity index (χ1) is 10.4. The zero-order valence-electron chi connectivity index (χ0n) is 11.6. The normalized spacial score (nSPS) is 17.5. The molecule has 1 aromatic heterocycles. The first-order valence-electron chi connectivity index (χ1n) is 6.45. The molecule has 1 aliphatic rings. The highest BCUT2D eigenvalue weighted by atomic mass is 35.5. The van der Waals surface area contributed by atoms with Crippen LogP contribution in [0.4, 0.5) is 0 Å². The number of aryl methyl sites for hydroxylation is 1. The number of rotatable bonds is 3. The van der Waals surface area contributed by atoms with Crippen LogP contribution < -0.4 is 5.56 Å². The van der Waals surface area contributed by atoms with E-state index in [2.05, 4.69) is 10.2 Å². The molecular weight excluding hydrogens is 346 g/mol. The van der Waals surface area contributed by atoms with E-state index in [1.807, 2.05) is 0 Å². The fourth-order valence-electron chi connectivity index (χ4n) is 2.25. The SMILES string of the molecule is Cc1nnc2n(c1=O)C(CS(=O)(=O)c1ccc(Cl)cc1)CS2. The van der Waals surface area contributed by atoms with Crippen LogP contribution in [0.5, 0.6) is 0 Å². The molecule has 2 aromatic rings. The zero-order chi connectivity index (χ0) is 15.9. The second-order valence-corrected chi connectivity index (χ2v) is 8.40. The van der Waals surface area contributed by atoms with Crippen LogP contribution in [-0.2, 0) is 9.84 Å². The van der Waals surface area contributed by atoms with E-state index >= 15 is 0 Å². The van der Waals surface area contributed by atoms with E-state index in [-0.39, 0.29) is 21.9 Å². The van der Waals surface area contributed by atoms with Gasteiger partial charge in [0.15, 0.2) is 15.0 Å². The van der Waals surface area contributed by atoms with Gasteiger partial charge in [-0.3, -0.25) is 9.36 Å². The minimum Gasteiger partial charge on any atom is -0.280 e. The standard InChI is InChI=1S/C13H12ClN3O3S2/c1-8-12(18)17-10(6-21-13(17)16-15-8)7-22(19,20)11-4-2-9(14)3-5-11/h2-5,10H,6-7H2,1H3. The molecule has 9 heteroatoms. The van der Waals surface area contributed by atoms with Gasteiger partial charge in [0.05, 0.1) is 16.7 Å². The van der Waals surface area contributed by atoms with Gasteiger partial charge >= 0.3 is 0 Å². The fraction of sp³-hybridized carbons (Fsp3) is 0.308. The van der Waals surface area contributed by atoms with Gasteiger partial charge in [0, 0.05) is 10.8 Å². The van der Waals surface area contributed by atoms with Gasteiger partial charge in [-0.15, -0.1) is 10.2 Å². The molecule has 1 aromatic carbocycles. The Morgan fingerprint density at radius 1 is 1.32 bits per heavy atom. The van der Waals surface area contributed by atoms with Crippen LogP contribution in [0, 0.1) is 6.92 Å². The first kappa shape index (κ1) is 15.5. The summed E-state index contributed by atoms with van der Waals surface area (Å²) in [4.78, 5) is 12.4. The Balaban J connectivity index is 1.95. The summed E-state index contributed by atoms with van der Waals surface area (Å²) in [5, 5.41) is 8.67. The van der Waals surface area contributed by atoms with Crippen molar-refractivity contribution >= 4 is 33.2 Å². The molecule has 22 heavy (non-hydrogen) atoms. The third-order valence-corrected chi connectivity index (χ3v) is 6.53. The van der Waals surface area contributed by atoms with Crippen LogP contribution in [-0.4, -0.2) is 34.7 Å². The smallest absolute Gasteiger partial charge is 0.276 e. The monoisotopic (exact) mass is 357 g/mol. The van der Waals surface area contributed by atoms with Gasteiger partial charge < -0.3 is 0 Å². The molecule has 1 unspecified atom stereocenters. The number of hydrogen-bond acceptors (Lipinski definition) is 6. The van der Waals surface area contributed by atoms with Crippen molar-refractivity contribution in [3.8, 4) is 0 Å². The van der Waals surface area contributed by atoms with Gasteiger partial charge in [0.2, 0.25) is 0 Å². The molecule has 0 fully saturated rings. The van der Waals surface area contributed by atoms with E-state index in [0.717, 1.165) is 0 Å². The maximum atomic E-state index is 12.5. The van der Waals surface area contributed by atoms with E-state index in [0.29, 0.717) is 15.9 Å². The number of aromatic nitrogens is 3. The van der Waals surface area contributed by atoms with Crippen LogP contribution in [0.2, 0.25) is 5.02 Å². The number of fused-ring (bicyclic) bond motifs is 1. The van der Waals surface area contributed by atoms with Crippen molar-refractivity contribution < 1.29 is 8.42 Å². The van der Waals surface area contributed by atoms with Gasteiger partial charge in [-0.1, -0.05) is 23.4 Å². The quantitative estimate of drug-likeness (QED) is 0.831. The fourth-order valence-corrected chi connectivity index (χ4v) is 5.12. The predicted octanol–water partition coefficient (Wildman–Crippen LogP) is 1.72. The van der Waals surface area contributed by atoms with Crippen LogP contribution in [0.15, 0.2) is 39.1 Å². The van der Waals surface area contributed by atoms with Gasteiger partial charge in [0.1, 0.15) is 5.69 Å². The third kappa shape index (κ3) is 2.78. The molecule has 0 saturated heterocycles. The second-order valence-electron chi connectivity index (χ2n) is 4.94. The molecule has 0 bridgehead atoms. The molecule has 0 spiro atoms. The second kappa shape index (κ2) is 5.68. The minimum atomic E-state index is -3.51. The van der Waals surface area contributed by atoms with E-state index < -0.39 is 15.9 Å². The number of thioether (sulfide) groups is 1. The van der Waals surface area contributed by atoms with Crippen molar-refractivity contribution in [2.24, 2.45) is 0 Å². The summed E-state index contributed by atoms with van der Waals surface area (Å²) in [6.45, 7) is 1.57. The van der Waals surface area contributed by atoms with Crippen LogP contribution in [0.3, 0.4) is 0 Å². The summed E-state index contributed by atoms with van der Waals surface area (Å²) in [5.74, 6) is 0.333. The van der Waals surface area contributed by atoms with Gasteiger partial charge in [-0.05, 0) is 31.2 Å². The number of benzene rings is 1. The summed E-state index contributed by atoms with van der Waals surface area (Å²) >= 11 is 7.12. The lowest BCUT2D eigenvalue weighted by Gasteiger charge is -2.13. The molecule has 0 N–H and O–H groups in total. The van der Waals surface area contributed by atoms with Gasteiger partial charge in [0.25, 0.3) is 5.56 Å². The number of nitrogens with zero attached hydrogens (tertiary/aromatic N) is 3. The maximum absolute atomic E-state index is 12.5. The molecule has 6 nitrogen and oxygen atoms in total. The Morgan fingerprint density at radius 2 is 2.00 bits per heavy atom. The molecular formula is C13H12ClN3O3S2. The Labute approximate surface area is 136 Å². The first-order valence-corrected chi connectivity index (χ1v) is 9.47. The molecule has 0 aliphatic carbocycles. The van der Waals surface area contributed by atoms with Crippen LogP contribution in [0.25, 0.3) is 0 Å². The Bertz CT molecular complexity index is 878. The molecule has 1 aliphatic heterocycles. The molecule has 2 heterocycles. The largest absolute Gasteiger partial charge is 0.280 e. The van der Waals surface area contributed by atoms with E-state index in [9.17, 15) is 13.2 Å². The molecule has 0 amide bonds. The van der Waals surface area contributed by atoms with E-state index in [1.165, 1.54) is 40.6 Å². The number of halogens is 1.